The van der Waals surface area contributed by atoms with Gasteiger partial charge in [-0.05, 0) is 26.2 Å². The highest BCUT2D eigenvalue weighted by Crippen LogP contribution is 2.27. The van der Waals surface area contributed by atoms with Gasteiger partial charge in [0.2, 0.25) is 11.8 Å². The van der Waals surface area contributed by atoms with Crippen LogP contribution in [0.2, 0.25) is 0 Å². The molecule has 3 aliphatic heterocycles. The molecule has 3 aliphatic rings. The van der Waals surface area contributed by atoms with Gasteiger partial charge in [-0.25, -0.2) is 0 Å². The van der Waals surface area contributed by atoms with Crippen molar-refractivity contribution in [2.45, 2.75) is 38.3 Å². The Hall–Kier alpha value is -1.10. The van der Waals surface area contributed by atoms with Crippen molar-refractivity contribution in [3.05, 3.63) is 0 Å². The molecule has 3 unspecified atom stereocenters. The molecular formula is C13H20N2O3. The smallest absolute Gasteiger partial charge is 0.245 e. The van der Waals surface area contributed by atoms with Gasteiger partial charge < -0.3 is 14.5 Å². The Balaban J connectivity index is 1.69. The van der Waals surface area contributed by atoms with Gasteiger partial charge in [-0.15, -0.1) is 0 Å². The summed E-state index contributed by atoms with van der Waals surface area (Å²) >= 11 is 0. The summed E-state index contributed by atoms with van der Waals surface area (Å²) in [6.45, 7) is 4.52. The zero-order chi connectivity index (χ0) is 12.7. The third-order valence-electron chi connectivity index (χ3n) is 4.48. The first-order valence-corrected chi connectivity index (χ1v) is 6.86. The minimum atomic E-state index is -0.177. The van der Waals surface area contributed by atoms with Gasteiger partial charge in [0.15, 0.2) is 0 Å². The van der Waals surface area contributed by atoms with Crippen LogP contribution >= 0.6 is 0 Å². The van der Waals surface area contributed by atoms with Crippen molar-refractivity contribution in [2.75, 3.05) is 26.2 Å². The quantitative estimate of drug-likeness (QED) is 0.707. The molecule has 0 spiro atoms. The molecule has 3 fully saturated rings. The van der Waals surface area contributed by atoms with Crippen LogP contribution in [0.5, 0.6) is 0 Å². The van der Waals surface area contributed by atoms with Crippen molar-refractivity contribution in [1.29, 1.82) is 0 Å². The molecule has 0 bridgehead atoms. The average Bonchev–Trinajstić information content (AvgIpc) is 2.96. The summed E-state index contributed by atoms with van der Waals surface area (Å²) in [4.78, 5) is 27.8. The number of amides is 2. The van der Waals surface area contributed by atoms with Crippen LogP contribution in [0.4, 0.5) is 0 Å². The summed E-state index contributed by atoms with van der Waals surface area (Å²) in [6, 6.07) is -0.177. The molecular weight excluding hydrogens is 232 g/mol. The number of hydrogen-bond acceptors (Lipinski definition) is 3. The van der Waals surface area contributed by atoms with E-state index < -0.39 is 0 Å². The topological polar surface area (TPSA) is 49.9 Å². The normalized spacial score (nSPS) is 36.4. The Bertz CT molecular complexity index is 371. The van der Waals surface area contributed by atoms with E-state index in [4.69, 9.17) is 4.74 Å². The Labute approximate surface area is 107 Å². The number of ether oxygens (including phenoxy) is 1. The maximum atomic E-state index is 12.3. The van der Waals surface area contributed by atoms with Gasteiger partial charge in [-0.2, -0.15) is 0 Å². The number of carbonyl (C=O) groups is 2. The number of nitrogens with zero attached hydrogens (tertiary/aromatic N) is 2. The van der Waals surface area contributed by atoms with E-state index in [0.717, 1.165) is 32.4 Å². The van der Waals surface area contributed by atoms with Crippen LogP contribution in [0.3, 0.4) is 0 Å². The zero-order valence-electron chi connectivity index (χ0n) is 10.8. The van der Waals surface area contributed by atoms with E-state index in [2.05, 4.69) is 6.92 Å². The lowest BCUT2D eigenvalue weighted by Crippen LogP contribution is -2.58. The highest BCUT2D eigenvalue weighted by atomic mass is 16.5. The molecule has 0 radical (unpaired) electrons. The van der Waals surface area contributed by atoms with Crippen molar-refractivity contribution in [3.8, 4) is 0 Å². The first-order valence-electron chi connectivity index (χ1n) is 6.86. The van der Waals surface area contributed by atoms with Crippen LogP contribution in [-0.4, -0.2) is 60.0 Å². The zero-order valence-corrected chi connectivity index (χ0v) is 10.8. The van der Waals surface area contributed by atoms with E-state index in [0.29, 0.717) is 12.5 Å². The Kier molecular flexibility index (Phi) is 3.01. The molecule has 0 aromatic rings. The fraction of sp³-hybridized carbons (Fsp3) is 0.846. The summed E-state index contributed by atoms with van der Waals surface area (Å²) in [5, 5.41) is 0. The molecule has 0 N–H and O–H groups in total. The third-order valence-corrected chi connectivity index (χ3v) is 4.48. The maximum Gasteiger partial charge on any atom is 0.245 e. The van der Waals surface area contributed by atoms with Crippen LogP contribution in [0.25, 0.3) is 0 Å². The lowest BCUT2D eigenvalue weighted by atomic mass is 10.0. The monoisotopic (exact) mass is 252 g/mol. The van der Waals surface area contributed by atoms with Crippen molar-refractivity contribution >= 4 is 11.8 Å². The summed E-state index contributed by atoms with van der Waals surface area (Å²) in [6.07, 6.45) is 2.99. The van der Waals surface area contributed by atoms with E-state index in [1.165, 1.54) is 0 Å². The van der Waals surface area contributed by atoms with Crippen LogP contribution in [-0.2, 0) is 14.3 Å². The Morgan fingerprint density at radius 1 is 1.33 bits per heavy atom. The Morgan fingerprint density at radius 2 is 2.17 bits per heavy atom. The molecule has 0 aromatic carbocycles. The van der Waals surface area contributed by atoms with Gasteiger partial charge in [-0.3, -0.25) is 9.59 Å². The minimum Gasteiger partial charge on any atom is -0.378 e. The van der Waals surface area contributed by atoms with Gasteiger partial charge in [0.1, 0.15) is 6.04 Å². The van der Waals surface area contributed by atoms with E-state index in [1.54, 1.807) is 9.80 Å². The van der Waals surface area contributed by atoms with Gasteiger partial charge in [0.05, 0.1) is 12.6 Å². The molecule has 3 heterocycles. The van der Waals surface area contributed by atoms with Crippen LogP contribution < -0.4 is 0 Å². The van der Waals surface area contributed by atoms with Crippen molar-refractivity contribution in [2.24, 2.45) is 5.92 Å². The standard InChI is InChI=1S/C13H20N2O3/c1-9-10(4-6-18-9)7-14-8-12(16)15-5-2-3-11(15)13(14)17/h9-11H,2-8H2,1H3. The number of carbonyl (C=O) groups excluding carboxylic acids is 2. The first kappa shape index (κ1) is 12.0. The fourth-order valence-corrected chi connectivity index (χ4v) is 3.32. The first-order chi connectivity index (χ1) is 8.66. The van der Waals surface area contributed by atoms with Gasteiger partial charge in [0, 0.05) is 25.6 Å². The summed E-state index contributed by atoms with van der Waals surface area (Å²) < 4.78 is 5.52. The minimum absolute atomic E-state index is 0.115. The van der Waals surface area contributed by atoms with E-state index in [9.17, 15) is 9.59 Å². The van der Waals surface area contributed by atoms with Crippen LogP contribution in [0.1, 0.15) is 26.2 Å². The number of fused-ring (bicyclic) bond motifs is 1. The van der Waals surface area contributed by atoms with Crippen molar-refractivity contribution in [3.63, 3.8) is 0 Å². The van der Waals surface area contributed by atoms with Crippen LogP contribution in [0, 0.1) is 5.92 Å². The van der Waals surface area contributed by atoms with Crippen molar-refractivity contribution in [1.82, 2.24) is 9.80 Å². The molecule has 3 rings (SSSR count). The summed E-state index contributed by atoms with van der Waals surface area (Å²) in [5.74, 6) is 0.643. The lowest BCUT2D eigenvalue weighted by molar-refractivity contribution is -0.154. The van der Waals surface area contributed by atoms with Gasteiger partial charge >= 0.3 is 0 Å². The molecule has 3 saturated heterocycles. The largest absolute Gasteiger partial charge is 0.378 e. The molecule has 0 aromatic heterocycles. The molecule has 18 heavy (non-hydrogen) atoms. The molecule has 0 saturated carbocycles. The van der Waals surface area contributed by atoms with Crippen LogP contribution in [0.15, 0.2) is 0 Å². The second-order valence-corrected chi connectivity index (χ2v) is 5.59. The lowest BCUT2D eigenvalue weighted by Gasteiger charge is -2.37. The fourth-order valence-electron chi connectivity index (χ4n) is 3.32. The molecule has 5 heteroatoms. The Morgan fingerprint density at radius 3 is 2.89 bits per heavy atom. The second-order valence-electron chi connectivity index (χ2n) is 5.59. The number of piperazine rings is 1. The predicted molar refractivity (Wildman–Crippen MR) is 64.8 cm³/mol. The van der Waals surface area contributed by atoms with E-state index in [-0.39, 0.29) is 30.5 Å². The molecule has 0 aliphatic carbocycles. The number of rotatable bonds is 2. The number of hydrogen-bond donors (Lipinski definition) is 0. The second kappa shape index (κ2) is 4.53. The summed E-state index contributed by atoms with van der Waals surface area (Å²) in [5.41, 5.74) is 0. The maximum absolute atomic E-state index is 12.3. The molecule has 2 amide bonds. The third kappa shape index (κ3) is 1.90. The molecule has 100 valence electrons. The SMILES string of the molecule is CC1OCCC1CN1CC(=O)N2CCCC2C1=O. The van der Waals surface area contributed by atoms with Gasteiger partial charge in [-0.1, -0.05) is 0 Å². The predicted octanol–water partition coefficient (Wildman–Crippen LogP) is 0.245. The van der Waals surface area contributed by atoms with Crippen molar-refractivity contribution < 1.29 is 14.3 Å². The highest BCUT2D eigenvalue weighted by Gasteiger charge is 2.42. The molecule has 3 atom stereocenters. The summed E-state index contributed by atoms with van der Waals surface area (Å²) in [7, 11) is 0. The van der Waals surface area contributed by atoms with E-state index in [1.807, 2.05) is 0 Å². The average molecular weight is 252 g/mol. The highest BCUT2D eigenvalue weighted by molar-refractivity contribution is 5.95. The van der Waals surface area contributed by atoms with Gasteiger partial charge in [0.25, 0.3) is 0 Å². The molecule has 5 nitrogen and oxygen atoms in total. The van der Waals surface area contributed by atoms with E-state index >= 15 is 0 Å².